The summed E-state index contributed by atoms with van der Waals surface area (Å²) in [5.41, 5.74) is 8.78. The molecular formula is C100H106O14Si. The van der Waals surface area contributed by atoms with Gasteiger partial charge in [-0.05, 0) is 65.5 Å². The number of benzene rings is 11. The third kappa shape index (κ3) is 22.2. The number of ether oxygens (including phenoxy) is 13. The summed E-state index contributed by atoms with van der Waals surface area (Å²) in [6.07, 6.45) is -3.93. The van der Waals surface area contributed by atoms with Crippen molar-refractivity contribution in [2.75, 3.05) is 13.7 Å². The van der Waals surface area contributed by atoms with Gasteiger partial charge in [-0.3, -0.25) is 0 Å². The molecule has 115 heavy (non-hydrogen) atoms. The highest BCUT2D eigenvalue weighted by atomic mass is 28.4. The van der Waals surface area contributed by atoms with Crippen molar-refractivity contribution in [3.8, 4) is 0 Å². The lowest BCUT2D eigenvalue weighted by molar-refractivity contribution is -0.309. The van der Waals surface area contributed by atoms with Gasteiger partial charge in [0.2, 0.25) is 0 Å². The molecule has 0 saturated carbocycles. The lowest BCUT2D eigenvalue weighted by Crippen LogP contribution is -2.68. The van der Waals surface area contributed by atoms with Gasteiger partial charge >= 0.3 is 0 Å². The molecule has 11 aromatic carbocycles. The molecule has 3 heterocycles. The Kier molecular flexibility index (Phi) is 29.9. The zero-order valence-corrected chi connectivity index (χ0v) is 67.0. The van der Waals surface area contributed by atoms with Gasteiger partial charge in [0, 0.05) is 7.11 Å². The number of hydrogen-bond donors (Lipinski definition) is 0. The Morgan fingerprint density at radius 1 is 0.252 bits per heavy atom. The van der Waals surface area contributed by atoms with E-state index in [-0.39, 0.29) is 71.1 Å². The fraction of sp³-hybridized carbons (Fsp3) is 0.300. The van der Waals surface area contributed by atoms with E-state index >= 15 is 0 Å². The Labute approximate surface area is 679 Å². The van der Waals surface area contributed by atoms with Crippen LogP contribution < -0.4 is 10.4 Å². The van der Waals surface area contributed by atoms with Crippen molar-refractivity contribution in [1.82, 2.24) is 0 Å². The minimum Gasteiger partial charge on any atom is -0.405 e. The van der Waals surface area contributed by atoms with Gasteiger partial charge in [0.15, 0.2) is 6.29 Å². The van der Waals surface area contributed by atoms with Gasteiger partial charge in [0.1, 0.15) is 85.5 Å². The maximum Gasteiger partial charge on any atom is 0.261 e. The monoisotopic (exact) mass is 1560 g/mol. The minimum absolute atomic E-state index is 0.125. The predicted molar refractivity (Wildman–Crippen MR) is 450 cm³/mol. The molecule has 3 aliphatic heterocycles. The highest BCUT2D eigenvalue weighted by Gasteiger charge is 2.55. The quantitative estimate of drug-likeness (QED) is 0.0270. The normalized spacial score (nSPS) is 23.9. The van der Waals surface area contributed by atoms with Crippen LogP contribution in [-0.2, 0) is 125 Å². The summed E-state index contributed by atoms with van der Waals surface area (Å²) in [5.74, 6) is 0. The Morgan fingerprint density at radius 3 is 0.722 bits per heavy atom. The maximum atomic E-state index is 7.96. The Hall–Kier alpha value is -9.44. The van der Waals surface area contributed by atoms with Crippen LogP contribution in [0.1, 0.15) is 70.8 Å². The van der Waals surface area contributed by atoms with Gasteiger partial charge in [-0.15, -0.1) is 0 Å². The molecule has 0 unspecified atom stereocenters. The average molecular weight is 1560 g/mol. The molecule has 0 aromatic heterocycles. The second-order valence-electron chi connectivity index (χ2n) is 30.5. The van der Waals surface area contributed by atoms with E-state index in [2.05, 4.69) is 191 Å². The summed E-state index contributed by atoms with van der Waals surface area (Å²) >= 11 is 0. The van der Waals surface area contributed by atoms with E-state index in [4.69, 9.17) is 66.0 Å². The lowest BCUT2D eigenvalue weighted by Gasteiger charge is -2.48. The first-order chi connectivity index (χ1) is 56.6. The largest absolute Gasteiger partial charge is 0.405 e. The molecular weight excluding hydrogens is 1450 g/mol. The van der Waals surface area contributed by atoms with Crippen molar-refractivity contribution in [3.05, 3.63) is 408 Å². The van der Waals surface area contributed by atoms with E-state index in [1.165, 1.54) is 0 Å². The highest BCUT2D eigenvalue weighted by molar-refractivity contribution is 6.99. The maximum absolute atomic E-state index is 7.96. The Balaban J connectivity index is 0.906. The fourth-order valence-corrected chi connectivity index (χ4v) is 20.2. The van der Waals surface area contributed by atoms with Crippen molar-refractivity contribution in [2.45, 2.75) is 177 Å². The van der Waals surface area contributed by atoms with Crippen molar-refractivity contribution < 1.29 is 66.0 Å². The number of hydrogen-bond acceptors (Lipinski definition) is 14. The van der Waals surface area contributed by atoms with E-state index in [0.717, 1.165) is 60.4 Å². The van der Waals surface area contributed by atoms with Gasteiger partial charge in [0.25, 0.3) is 8.32 Å². The molecule has 3 fully saturated rings. The van der Waals surface area contributed by atoms with Crippen molar-refractivity contribution in [3.63, 3.8) is 0 Å². The summed E-state index contributed by atoms with van der Waals surface area (Å²) in [7, 11) is -1.61. The molecule has 3 saturated heterocycles. The molecule has 0 aliphatic carbocycles. The van der Waals surface area contributed by atoms with Crippen LogP contribution >= 0.6 is 0 Å². The summed E-state index contributed by atoms with van der Waals surface area (Å²) in [6.45, 7) is 9.13. The van der Waals surface area contributed by atoms with Crippen LogP contribution in [0.2, 0.25) is 5.04 Å². The van der Waals surface area contributed by atoms with Gasteiger partial charge in [-0.2, -0.15) is 0 Å². The average Bonchev–Trinajstić information content (AvgIpc) is 0.744. The molecule has 0 N–H and O–H groups in total. The zero-order chi connectivity index (χ0) is 78.7. The van der Waals surface area contributed by atoms with Gasteiger partial charge in [0.05, 0.1) is 66.1 Å². The van der Waals surface area contributed by atoms with Crippen LogP contribution in [0.25, 0.3) is 0 Å². The smallest absolute Gasteiger partial charge is 0.261 e. The van der Waals surface area contributed by atoms with E-state index < -0.39 is 100 Å². The van der Waals surface area contributed by atoms with E-state index in [1.807, 2.05) is 188 Å². The summed E-state index contributed by atoms with van der Waals surface area (Å²) < 4.78 is 103. The lowest BCUT2D eigenvalue weighted by atomic mass is 9.90. The highest BCUT2D eigenvalue weighted by Crippen LogP contribution is 2.41. The van der Waals surface area contributed by atoms with E-state index in [1.54, 1.807) is 7.11 Å². The van der Waals surface area contributed by atoms with Crippen LogP contribution in [0, 0.1) is 0 Å². The van der Waals surface area contributed by atoms with Crippen molar-refractivity contribution in [1.29, 1.82) is 0 Å². The molecule has 15 atom stereocenters. The third-order valence-corrected chi connectivity index (χ3v) is 26.5. The second kappa shape index (κ2) is 41.9. The van der Waals surface area contributed by atoms with Gasteiger partial charge in [-0.1, -0.05) is 379 Å². The van der Waals surface area contributed by atoms with Crippen LogP contribution in [0.3, 0.4) is 0 Å². The molecule has 0 bridgehead atoms. The van der Waals surface area contributed by atoms with Gasteiger partial charge in [-0.25, -0.2) is 0 Å². The SMILES string of the molecule is CO[C@H]1O[C@H](/C=C\[C@@H]2O[C@H](C=C[C@@H]3O[C@H](CO[Si](c4ccccc4)(c4ccccc4)C(C)(C)C)[C@@H](OCc4ccccc4)[C@H](OCc4ccccc4)[C@H]3OCc3ccccc3)[C@@H](OCc3ccccc3)[C@H](OCc3ccccc3)[C@H]2OCc2ccccc2)[C@@H](OCc2ccccc2)[C@H](OCc2ccccc2)[C@H]1OCc1ccccc1. The van der Waals surface area contributed by atoms with Crippen LogP contribution in [0.4, 0.5) is 0 Å². The summed E-state index contributed by atoms with van der Waals surface area (Å²) in [6, 6.07) is 113. The molecule has 0 spiro atoms. The third-order valence-electron chi connectivity index (χ3n) is 21.5. The Bertz CT molecular complexity index is 4580. The van der Waals surface area contributed by atoms with Crippen molar-refractivity contribution >= 4 is 18.7 Å². The molecule has 15 heteroatoms. The Morgan fingerprint density at radius 2 is 0.461 bits per heavy atom. The van der Waals surface area contributed by atoms with Gasteiger partial charge < -0.3 is 66.0 Å². The first kappa shape index (κ1) is 82.1. The number of methoxy groups -OCH3 is 1. The molecule has 594 valence electrons. The molecule has 11 aromatic rings. The summed E-state index contributed by atoms with van der Waals surface area (Å²) in [5, 5.41) is 1.89. The molecule has 3 aliphatic rings. The molecule has 0 radical (unpaired) electrons. The topological polar surface area (TPSA) is 129 Å². The van der Waals surface area contributed by atoms with E-state index in [0.29, 0.717) is 0 Å². The van der Waals surface area contributed by atoms with Crippen LogP contribution in [0.5, 0.6) is 0 Å². The first-order valence-corrected chi connectivity index (χ1v) is 42.0. The summed E-state index contributed by atoms with van der Waals surface area (Å²) in [4.78, 5) is 0. The molecule has 14 rings (SSSR count). The predicted octanol–water partition coefficient (Wildman–Crippen LogP) is 17.9. The molecule has 14 nitrogen and oxygen atoms in total. The van der Waals surface area contributed by atoms with Crippen LogP contribution in [0.15, 0.2) is 358 Å². The first-order valence-electron chi connectivity index (χ1n) is 40.1. The second-order valence-corrected chi connectivity index (χ2v) is 34.8. The van der Waals surface area contributed by atoms with Crippen LogP contribution in [-0.4, -0.2) is 114 Å². The zero-order valence-electron chi connectivity index (χ0n) is 66.0. The fourth-order valence-electron chi connectivity index (χ4n) is 15.6. The molecule has 0 amide bonds. The minimum atomic E-state index is -3.24. The van der Waals surface area contributed by atoms with E-state index in [9.17, 15) is 0 Å². The standard InChI is InChI=1S/C100H106O14Si/c1-100(2,3)115(83-56-34-14-35-57-83,84-58-36-15-37-59-84)111-73-89-94(106-68-78-46-24-9-25-47-78)96(108-70-80-50-28-11-29-51-80)92(104-66-76-42-20-7-21-43-76)87(113-89)61-60-85-90(102-64-74-38-16-5-17-39-74)95(107-69-79-48-26-10-27-49-79)91(103-65-75-40-18-6-19-41-75)86(112-85)62-63-88-93(105-67-77-44-22-8-23-45-77)97(109-71-81-52-30-12-31-53-81)98(99(101-4)114-88)110-72-82-54-32-13-33-55-82/h5-63,85-99H,64-73H2,1-4H3/b61-60?,63-62-/t85-,86+,87+,88-,89-,90-,91+,92+,93-,94-,95+,96-,97+,98-,99+/m1/s1. The van der Waals surface area contributed by atoms with Crippen molar-refractivity contribution in [2.24, 2.45) is 0 Å². The number of rotatable bonds is 37.